The average Bonchev–Trinajstić information content (AvgIpc) is 3.00. The van der Waals surface area contributed by atoms with E-state index in [9.17, 15) is 44.3 Å². The highest BCUT2D eigenvalue weighted by atomic mass is 19.4. The Bertz CT molecular complexity index is 1120. The maximum atomic E-state index is 13.6. The van der Waals surface area contributed by atoms with Gasteiger partial charge in [-0.2, -0.15) is 22.7 Å². The summed E-state index contributed by atoms with van der Waals surface area (Å²) >= 11 is 0. The van der Waals surface area contributed by atoms with Crippen LogP contribution in [0.2, 0.25) is 0 Å². The smallest absolute Gasteiger partial charge is 0.406 e. The third-order valence-electron chi connectivity index (χ3n) is 6.14. The van der Waals surface area contributed by atoms with Gasteiger partial charge in [-0.25, -0.2) is 8.78 Å². The van der Waals surface area contributed by atoms with Crippen LogP contribution in [0.1, 0.15) is 37.2 Å². The molecule has 2 aromatic rings. The van der Waals surface area contributed by atoms with E-state index in [1.807, 2.05) is 0 Å². The van der Waals surface area contributed by atoms with Crippen molar-refractivity contribution < 1.29 is 49.0 Å². The van der Waals surface area contributed by atoms with E-state index in [2.05, 4.69) is 15.2 Å². The van der Waals surface area contributed by atoms with E-state index in [1.54, 1.807) is 0 Å². The summed E-state index contributed by atoms with van der Waals surface area (Å²) in [6.45, 7) is 0. The molecule has 0 unspecified atom stereocenters. The Morgan fingerprint density at radius 2 is 1.69 bits per heavy atom. The first-order chi connectivity index (χ1) is 16.0. The second-order valence-corrected chi connectivity index (χ2v) is 8.75. The number of hydrogen-bond acceptors (Lipinski definition) is 3. The van der Waals surface area contributed by atoms with Crippen molar-refractivity contribution in [2.45, 2.75) is 55.7 Å². The van der Waals surface area contributed by atoms with Gasteiger partial charge in [0.05, 0.1) is 5.69 Å². The molecule has 1 amide bonds. The SMILES string of the molecule is Cn1nc(-c2ccc(OC(F)(F)F)cc2)c(C2CC(F)(F)C2)c1NC(=O)C[C@@H]1CC(F)(F)C1(F)F. The first kappa shape index (κ1) is 25.2. The van der Waals surface area contributed by atoms with E-state index >= 15 is 0 Å². The molecule has 0 saturated heterocycles. The number of halogens is 9. The molecule has 0 aliphatic heterocycles. The molecule has 0 spiro atoms. The Balaban J connectivity index is 1.60. The van der Waals surface area contributed by atoms with Crippen molar-refractivity contribution in [1.29, 1.82) is 0 Å². The van der Waals surface area contributed by atoms with Crippen molar-refractivity contribution in [3.63, 3.8) is 0 Å². The first-order valence-electron chi connectivity index (χ1n) is 10.4. The molecular formula is C21H18F9N3O2. The summed E-state index contributed by atoms with van der Waals surface area (Å²) in [5.74, 6) is -15.9. The van der Waals surface area contributed by atoms with Crippen LogP contribution in [0.15, 0.2) is 24.3 Å². The molecule has 4 rings (SSSR count). The minimum absolute atomic E-state index is 0.0855. The molecule has 0 radical (unpaired) electrons. The van der Waals surface area contributed by atoms with Crippen molar-refractivity contribution in [1.82, 2.24) is 9.78 Å². The zero-order valence-corrected chi connectivity index (χ0v) is 17.9. The zero-order chi connectivity index (χ0) is 26.0. The standard InChI is InChI=1S/C21H18F9N3O2/c1-33-17(31-14(34)6-12-9-19(24,25)20(12,26)27)15(11-7-18(22,23)8-11)16(32-33)10-2-4-13(5-3-10)35-21(28,29)30/h2-5,11-12H,6-9H2,1H3,(H,31,34)/t12-/m1/s1. The quantitative estimate of drug-likeness (QED) is 0.472. The van der Waals surface area contributed by atoms with Crippen LogP contribution in [0, 0.1) is 5.92 Å². The molecule has 1 heterocycles. The number of nitrogens with one attached hydrogen (secondary N) is 1. The van der Waals surface area contributed by atoms with Crippen LogP contribution < -0.4 is 10.1 Å². The van der Waals surface area contributed by atoms with Gasteiger partial charge < -0.3 is 10.1 Å². The number of benzene rings is 1. The lowest BCUT2D eigenvalue weighted by Gasteiger charge is -2.43. The normalized spacial score (nSPS) is 22.7. The fourth-order valence-corrected chi connectivity index (χ4v) is 4.32. The van der Waals surface area contributed by atoms with Crippen LogP contribution in [-0.2, 0) is 11.8 Å². The van der Waals surface area contributed by atoms with Gasteiger partial charge in [0.25, 0.3) is 0 Å². The minimum Gasteiger partial charge on any atom is -0.406 e. The number of rotatable bonds is 6. The molecule has 2 fully saturated rings. The van der Waals surface area contributed by atoms with Crippen molar-refractivity contribution >= 4 is 11.7 Å². The fraction of sp³-hybridized carbons (Fsp3) is 0.524. The Kier molecular flexibility index (Phi) is 5.79. The molecule has 5 nitrogen and oxygen atoms in total. The number of nitrogens with zero attached hydrogens (tertiary/aromatic N) is 2. The van der Waals surface area contributed by atoms with Gasteiger partial charge in [-0.1, -0.05) is 0 Å². The number of carbonyl (C=O) groups excluding carboxylic acids is 1. The van der Waals surface area contributed by atoms with Gasteiger partial charge in [-0.3, -0.25) is 9.48 Å². The van der Waals surface area contributed by atoms with Crippen molar-refractivity contribution in [3.05, 3.63) is 29.8 Å². The summed E-state index contributed by atoms with van der Waals surface area (Å²) in [7, 11) is 1.34. The molecule has 14 heteroatoms. The van der Waals surface area contributed by atoms with Gasteiger partial charge in [0.15, 0.2) is 0 Å². The monoisotopic (exact) mass is 515 g/mol. The number of amides is 1. The van der Waals surface area contributed by atoms with Gasteiger partial charge in [-0.05, 0) is 24.3 Å². The van der Waals surface area contributed by atoms with E-state index < -0.39 is 73.3 Å². The van der Waals surface area contributed by atoms with Crippen molar-refractivity contribution in [2.75, 3.05) is 5.32 Å². The van der Waals surface area contributed by atoms with Crippen LogP contribution in [0.3, 0.4) is 0 Å². The maximum Gasteiger partial charge on any atom is 0.573 e. The number of anilines is 1. The van der Waals surface area contributed by atoms with E-state index in [1.165, 1.54) is 19.2 Å². The van der Waals surface area contributed by atoms with Gasteiger partial charge in [0.1, 0.15) is 11.6 Å². The molecule has 2 aliphatic carbocycles. The summed E-state index contributed by atoms with van der Waals surface area (Å²) in [5.41, 5.74) is 0.454. The molecular weight excluding hydrogens is 497 g/mol. The van der Waals surface area contributed by atoms with Crippen LogP contribution in [-0.4, -0.2) is 39.8 Å². The number of aromatic nitrogens is 2. The van der Waals surface area contributed by atoms with E-state index in [0.717, 1.165) is 16.8 Å². The Labute approximate surface area is 192 Å². The Morgan fingerprint density at radius 3 is 2.17 bits per heavy atom. The third kappa shape index (κ3) is 4.79. The van der Waals surface area contributed by atoms with Crippen LogP contribution >= 0.6 is 0 Å². The summed E-state index contributed by atoms with van der Waals surface area (Å²) in [5, 5.41) is 6.50. The predicted molar refractivity (Wildman–Crippen MR) is 103 cm³/mol. The number of hydrogen-bond donors (Lipinski definition) is 1. The molecule has 35 heavy (non-hydrogen) atoms. The van der Waals surface area contributed by atoms with Gasteiger partial charge in [0.2, 0.25) is 11.8 Å². The molecule has 2 saturated carbocycles. The average molecular weight is 515 g/mol. The first-order valence-corrected chi connectivity index (χ1v) is 10.4. The number of ether oxygens (including phenoxy) is 1. The highest BCUT2D eigenvalue weighted by molar-refractivity contribution is 5.92. The molecule has 2 aliphatic rings. The predicted octanol–water partition coefficient (Wildman–Crippen LogP) is 6.12. The van der Waals surface area contributed by atoms with Crippen LogP contribution in [0.5, 0.6) is 5.75 Å². The Hall–Kier alpha value is -2.93. The summed E-state index contributed by atoms with van der Waals surface area (Å²) in [6.07, 6.45) is -8.22. The molecule has 0 bridgehead atoms. The molecule has 1 aromatic heterocycles. The molecule has 192 valence electrons. The lowest BCUT2D eigenvalue weighted by molar-refractivity contribution is -0.313. The third-order valence-corrected chi connectivity index (χ3v) is 6.14. The minimum atomic E-state index is -4.92. The number of carbonyl (C=O) groups is 1. The van der Waals surface area contributed by atoms with E-state index in [4.69, 9.17) is 0 Å². The summed E-state index contributed by atoms with van der Waals surface area (Å²) < 4.78 is 123. The number of aryl methyl sites for hydroxylation is 1. The lowest BCUT2D eigenvalue weighted by atomic mass is 9.74. The molecule has 1 atom stereocenters. The largest absolute Gasteiger partial charge is 0.573 e. The van der Waals surface area contributed by atoms with Crippen LogP contribution in [0.25, 0.3) is 11.3 Å². The maximum absolute atomic E-state index is 13.6. The fourth-order valence-electron chi connectivity index (χ4n) is 4.32. The van der Waals surface area contributed by atoms with E-state index in [-0.39, 0.29) is 22.6 Å². The van der Waals surface area contributed by atoms with E-state index in [0.29, 0.717) is 0 Å². The van der Waals surface area contributed by atoms with Gasteiger partial charge >= 0.3 is 18.2 Å². The van der Waals surface area contributed by atoms with Gasteiger partial charge in [0, 0.05) is 55.7 Å². The topological polar surface area (TPSA) is 56.1 Å². The highest BCUT2D eigenvalue weighted by Crippen LogP contribution is 2.57. The van der Waals surface area contributed by atoms with Crippen LogP contribution in [0.4, 0.5) is 45.3 Å². The van der Waals surface area contributed by atoms with Crippen molar-refractivity contribution in [3.8, 4) is 17.0 Å². The second kappa shape index (κ2) is 8.05. The lowest BCUT2D eigenvalue weighted by Crippen LogP contribution is -2.59. The summed E-state index contributed by atoms with van der Waals surface area (Å²) in [6, 6.07) is 4.42. The van der Waals surface area contributed by atoms with Crippen molar-refractivity contribution in [2.24, 2.45) is 13.0 Å². The summed E-state index contributed by atoms with van der Waals surface area (Å²) in [4.78, 5) is 12.4. The Morgan fingerprint density at radius 1 is 1.09 bits per heavy atom. The highest BCUT2D eigenvalue weighted by Gasteiger charge is 2.71. The molecule has 1 N–H and O–H groups in total. The van der Waals surface area contributed by atoms with Gasteiger partial charge in [-0.15, -0.1) is 13.2 Å². The molecule has 1 aromatic carbocycles. The number of alkyl halides is 9. The zero-order valence-electron chi connectivity index (χ0n) is 17.9. The second-order valence-electron chi connectivity index (χ2n) is 8.75.